The first-order valence-electron chi connectivity index (χ1n) is 9.95. The highest BCUT2D eigenvalue weighted by molar-refractivity contribution is 7.99. The van der Waals surface area contributed by atoms with Gasteiger partial charge in [-0.25, -0.2) is 0 Å². The van der Waals surface area contributed by atoms with E-state index in [0.717, 1.165) is 16.0 Å². The van der Waals surface area contributed by atoms with Crippen LogP contribution in [-0.2, 0) is 16.1 Å². The number of hydrogen-bond acceptors (Lipinski definition) is 3. The van der Waals surface area contributed by atoms with Crippen molar-refractivity contribution >= 4 is 35.2 Å². The number of amides is 2. The van der Waals surface area contributed by atoms with Crippen molar-refractivity contribution in [3.63, 3.8) is 0 Å². The summed E-state index contributed by atoms with van der Waals surface area (Å²) in [6, 6.07) is 15.2. The molecule has 29 heavy (non-hydrogen) atoms. The lowest BCUT2D eigenvalue weighted by atomic mass is 10.1. The summed E-state index contributed by atoms with van der Waals surface area (Å²) in [4.78, 5) is 28.5. The van der Waals surface area contributed by atoms with E-state index in [1.165, 1.54) is 0 Å². The van der Waals surface area contributed by atoms with Crippen molar-refractivity contribution in [2.24, 2.45) is 0 Å². The molecule has 2 amide bonds. The Morgan fingerprint density at radius 3 is 2.48 bits per heavy atom. The van der Waals surface area contributed by atoms with Gasteiger partial charge >= 0.3 is 0 Å². The molecule has 4 nitrogen and oxygen atoms in total. The van der Waals surface area contributed by atoms with E-state index >= 15 is 0 Å². The predicted octanol–water partition coefficient (Wildman–Crippen LogP) is 5.07. The maximum absolute atomic E-state index is 13.1. The molecule has 0 radical (unpaired) electrons. The second kappa shape index (κ2) is 11.9. The quantitative estimate of drug-likeness (QED) is 0.533. The Hall–Kier alpha value is -1.98. The fraction of sp³-hybridized carbons (Fsp3) is 0.391. The van der Waals surface area contributed by atoms with Gasteiger partial charge in [0, 0.05) is 35.2 Å². The van der Waals surface area contributed by atoms with Crippen molar-refractivity contribution in [3.8, 4) is 0 Å². The smallest absolute Gasteiger partial charge is 0.242 e. The molecule has 0 aliphatic rings. The van der Waals surface area contributed by atoms with Crippen LogP contribution in [0.1, 0.15) is 37.8 Å². The van der Waals surface area contributed by atoms with Crippen LogP contribution in [-0.4, -0.2) is 35.1 Å². The number of halogens is 1. The molecule has 1 atom stereocenters. The van der Waals surface area contributed by atoms with E-state index in [4.69, 9.17) is 11.6 Å². The van der Waals surface area contributed by atoms with Crippen LogP contribution >= 0.6 is 23.4 Å². The first-order chi connectivity index (χ1) is 13.9. The minimum atomic E-state index is -0.469. The molecular weight excluding hydrogens is 404 g/mol. The van der Waals surface area contributed by atoms with E-state index in [2.05, 4.69) is 11.4 Å². The second-order valence-corrected chi connectivity index (χ2v) is 8.49. The van der Waals surface area contributed by atoms with Gasteiger partial charge in [0.1, 0.15) is 6.04 Å². The van der Waals surface area contributed by atoms with Gasteiger partial charge in [0.15, 0.2) is 0 Å². The van der Waals surface area contributed by atoms with Crippen molar-refractivity contribution in [2.45, 2.75) is 51.1 Å². The van der Waals surface area contributed by atoms with Gasteiger partial charge in [-0.05, 0) is 50.1 Å². The van der Waals surface area contributed by atoms with E-state index < -0.39 is 6.04 Å². The lowest BCUT2D eigenvalue weighted by molar-refractivity contribution is -0.141. The van der Waals surface area contributed by atoms with E-state index in [9.17, 15) is 9.59 Å². The Bertz CT molecular complexity index is 811. The standard InChI is InChI=1S/C23H29ClN2O2S/c1-4-21(23(28)25-5-2)26(16-18-8-6-7-17(3)15-18)22(27)13-14-29-20-11-9-19(24)10-12-20/h6-12,15,21H,4-5,13-14,16H2,1-3H3,(H,25,28)/t21-/m1/s1. The molecule has 0 spiro atoms. The Morgan fingerprint density at radius 1 is 1.14 bits per heavy atom. The molecule has 0 bridgehead atoms. The molecule has 2 aromatic rings. The largest absolute Gasteiger partial charge is 0.355 e. The molecule has 0 saturated carbocycles. The van der Waals surface area contributed by atoms with Crippen LogP contribution < -0.4 is 5.32 Å². The number of nitrogens with one attached hydrogen (secondary N) is 1. The number of rotatable bonds is 10. The van der Waals surface area contributed by atoms with Crippen LogP contribution in [0.4, 0.5) is 0 Å². The molecule has 0 aliphatic heterocycles. The number of carbonyl (C=O) groups excluding carboxylic acids is 2. The molecule has 0 fully saturated rings. The van der Waals surface area contributed by atoms with Crippen LogP contribution in [0.15, 0.2) is 53.4 Å². The van der Waals surface area contributed by atoms with Gasteiger partial charge in [0.25, 0.3) is 0 Å². The van der Waals surface area contributed by atoms with E-state index in [0.29, 0.717) is 36.7 Å². The molecule has 0 aromatic heterocycles. The number of nitrogens with zero attached hydrogens (tertiary/aromatic N) is 1. The van der Waals surface area contributed by atoms with Gasteiger partial charge in [0.05, 0.1) is 0 Å². The maximum Gasteiger partial charge on any atom is 0.242 e. The SMILES string of the molecule is CCNC(=O)[C@@H](CC)N(Cc1cccc(C)c1)C(=O)CCSc1ccc(Cl)cc1. The third kappa shape index (κ3) is 7.41. The third-order valence-corrected chi connectivity index (χ3v) is 5.84. The zero-order chi connectivity index (χ0) is 21.2. The van der Waals surface area contributed by atoms with Gasteiger partial charge in [-0.15, -0.1) is 11.8 Å². The van der Waals surface area contributed by atoms with Crippen LogP contribution in [0.3, 0.4) is 0 Å². The first-order valence-corrected chi connectivity index (χ1v) is 11.3. The van der Waals surface area contributed by atoms with Crippen molar-refractivity contribution in [1.82, 2.24) is 10.2 Å². The second-order valence-electron chi connectivity index (χ2n) is 6.88. The minimum Gasteiger partial charge on any atom is -0.355 e. The van der Waals surface area contributed by atoms with E-state index in [-0.39, 0.29) is 11.8 Å². The number of likely N-dealkylation sites (N-methyl/N-ethyl adjacent to an activating group) is 1. The Morgan fingerprint density at radius 2 is 1.86 bits per heavy atom. The fourth-order valence-electron chi connectivity index (χ4n) is 3.15. The highest BCUT2D eigenvalue weighted by atomic mass is 35.5. The molecule has 1 N–H and O–H groups in total. The van der Waals surface area contributed by atoms with Crippen LogP contribution in [0.25, 0.3) is 0 Å². The van der Waals surface area contributed by atoms with Gasteiger partial charge in [-0.2, -0.15) is 0 Å². The average Bonchev–Trinajstić information content (AvgIpc) is 2.69. The predicted molar refractivity (Wildman–Crippen MR) is 121 cm³/mol. The molecule has 0 aliphatic carbocycles. The van der Waals surface area contributed by atoms with E-state index in [1.54, 1.807) is 16.7 Å². The third-order valence-electron chi connectivity index (χ3n) is 4.57. The summed E-state index contributed by atoms with van der Waals surface area (Å²) in [7, 11) is 0. The van der Waals surface area contributed by atoms with E-state index in [1.807, 2.05) is 63.2 Å². The molecule has 0 unspecified atom stereocenters. The summed E-state index contributed by atoms with van der Waals surface area (Å²) < 4.78 is 0. The minimum absolute atomic E-state index is 0.00827. The highest BCUT2D eigenvalue weighted by Gasteiger charge is 2.28. The summed E-state index contributed by atoms with van der Waals surface area (Å²) in [5.74, 6) is 0.545. The molecule has 156 valence electrons. The Kier molecular flexibility index (Phi) is 9.55. The molecular formula is C23H29ClN2O2S. The van der Waals surface area contributed by atoms with Crippen molar-refractivity contribution in [2.75, 3.05) is 12.3 Å². The molecule has 2 rings (SSSR count). The van der Waals surface area contributed by atoms with Crippen molar-refractivity contribution in [3.05, 3.63) is 64.7 Å². The Balaban J connectivity index is 2.10. The number of hydrogen-bond donors (Lipinski definition) is 1. The fourth-order valence-corrected chi connectivity index (χ4v) is 4.12. The topological polar surface area (TPSA) is 49.4 Å². The van der Waals surface area contributed by atoms with Crippen LogP contribution in [0.5, 0.6) is 0 Å². The van der Waals surface area contributed by atoms with Gasteiger partial charge < -0.3 is 10.2 Å². The first kappa shape index (κ1) is 23.3. The number of aryl methyl sites for hydroxylation is 1. The summed E-state index contributed by atoms with van der Waals surface area (Å²) in [6.45, 7) is 6.84. The van der Waals surface area contributed by atoms with Gasteiger partial charge in [-0.1, -0.05) is 48.4 Å². The van der Waals surface area contributed by atoms with Gasteiger partial charge in [0.2, 0.25) is 11.8 Å². The number of thioether (sulfide) groups is 1. The lowest BCUT2D eigenvalue weighted by Crippen LogP contribution is -2.49. The van der Waals surface area contributed by atoms with Crippen LogP contribution in [0.2, 0.25) is 5.02 Å². The average molecular weight is 433 g/mol. The summed E-state index contributed by atoms with van der Waals surface area (Å²) in [6.07, 6.45) is 0.947. The lowest BCUT2D eigenvalue weighted by Gasteiger charge is -2.30. The molecule has 0 heterocycles. The highest BCUT2D eigenvalue weighted by Crippen LogP contribution is 2.22. The van der Waals surface area contributed by atoms with Crippen LogP contribution in [0, 0.1) is 6.92 Å². The van der Waals surface area contributed by atoms with Gasteiger partial charge in [-0.3, -0.25) is 9.59 Å². The Labute approximate surface area is 183 Å². The molecule has 2 aromatic carbocycles. The number of carbonyl (C=O) groups is 2. The molecule has 6 heteroatoms. The summed E-state index contributed by atoms with van der Waals surface area (Å²) >= 11 is 7.54. The summed E-state index contributed by atoms with van der Waals surface area (Å²) in [5, 5.41) is 3.56. The maximum atomic E-state index is 13.1. The van der Waals surface area contributed by atoms with Crippen molar-refractivity contribution < 1.29 is 9.59 Å². The zero-order valence-electron chi connectivity index (χ0n) is 17.3. The zero-order valence-corrected chi connectivity index (χ0v) is 18.9. The molecule has 0 saturated heterocycles. The van der Waals surface area contributed by atoms with Crippen molar-refractivity contribution in [1.29, 1.82) is 0 Å². The number of benzene rings is 2. The summed E-state index contributed by atoms with van der Waals surface area (Å²) in [5.41, 5.74) is 2.17. The normalized spacial score (nSPS) is 11.7. The monoisotopic (exact) mass is 432 g/mol.